The minimum Gasteiger partial charge on any atom is -0.492 e. The van der Waals surface area contributed by atoms with Crippen LogP contribution in [0.2, 0.25) is 0 Å². The van der Waals surface area contributed by atoms with Gasteiger partial charge in [0.05, 0.1) is 25.6 Å². The van der Waals surface area contributed by atoms with Crippen LogP contribution >= 0.6 is 7.82 Å². The molecule has 4 N–H and O–H groups in total. The van der Waals surface area contributed by atoms with Crippen molar-refractivity contribution in [3.63, 3.8) is 0 Å². The van der Waals surface area contributed by atoms with Crippen molar-refractivity contribution in [1.29, 1.82) is 0 Å². The topological polar surface area (TPSA) is 138 Å². The third-order valence-electron chi connectivity index (χ3n) is 8.04. The highest BCUT2D eigenvalue weighted by Gasteiger charge is 2.24. The van der Waals surface area contributed by atoms with Gasteiger partial charge in [0, 0.05) is 13.0 Å². The van der Waals surface area contributed by atoms with Crippen molar-refractivity contribution in [1.82, 2.24) is 0 Å². The van der Waals surface area contributed by atoms with E-state index in [2.05, 4.69) is 55.5 Å². The Labute approximate surface area is 322 Å². The number of nitrogens with two attached hydrogens (primary N) is 1. The van der Waals surface area contributed by atoms with E-state index in [1.807, 2.05) is 31.2 Å². The lowest BCUT2D eigenvalue weighted by Crippen LogP contribution is -2.25. The number of carbonyl (C=O) groups is 1. The first-order chi connectivity index (χ1) is 25.8. The van der Waals surface area contributed by atoms with Crippen LogP contribution in [-0.4, -0.2) is 54.5 Å². The van der Waals surface area contributed by atoms with E-state index in [1.165, 1.54) is 57.8 Å². The third kappa shape index (κ3) is 39.0. The Morgan fingerprint density at radius 2 is 1.23 bits per heavy atom. The highest BCUT2D eigenvalue weighted by molar-refractivity contribution is 7.47. The molecule has 0 radical (unpaired) electrons. The van der Waals surface area contributed by atoms with E-state index >= 15 is 0 Å². The lowest BCUT2D eigenvalue weighted by molar-refractivity contribution is -0.147. The van der Waals surface area contributed by atoms with Crippen molar-refractivity contribution in [2.45, 2.75) is 154 Å². The van der Waals surface area contributed by atoms with Gasteiger partial charge >= 0.3 is 13.8 Å². The van der Waals surface area contributed by atoms with E-state index < -0.39 is 13.9 Å². The molecule has 3 atom stereocenters. The summed E-state index contributed by atoms with van der Waals surface area (Å²) in [6.07, 6.45) is 48.0. The van der Waals surface area contributed by atoms with Crippen LogP contribution in [0.15, 0.2) is 85.3 Å². The van der Waals surface area contributed by atoms with E-state index in [4.69, 9.17) is 24.3 Å². The number of hydrogen-bond acceptors (Lipinski definition) is 8. The zero-order chi connectivity index (χ0) is 38.9. The average Bonchev–Trinajstić information content (AvgIpc) is 3.15. The normalized spacial score (nSPS) is 15.0. The van der Waals surface area contributed by atoms with Crippen LogP contribution in [0, 0.1) is 0 Å². The largest absolute Gasteiger partial charge is 0.492 e. The maximum absolute atomic E-state index is 12.4. The van der Waals surface area contributed by atoms with E-state index in [0.29, 0.717) is 6.42 Å². The zero-order valence-electron chi connectivity index (χ0n) is 33.1. The summed E-state index contributed by atoms with van der Waals surface area (Å²) in [6.45, 7) is 3.77. The Hall–Kier alpha value is -2.52. The summed E-state index contributed by atoms with van der Waals surface area (Å²) in [7, 11) is -4.29. The molecule has 53 heavy (non-hydrogen) atoms. The fraction of sp³-hybridized carbons (Fsp3) is 0.651. The number of ether oxygens (including phenoxy) is 2. The van der Waals surface area contributed by atoms with Crippen LogP contribution in [0.4, 0.5) is 0 Å². The van der Waals surface area contributed by atoms with E-state index in [0.717, 1.165) is 57.8 Å². The van der Waals surface area contributed by atoms with Gasteiger partial charge in [0.25, 0.3) is 0 Å². The van der Waals surface area contributed by atoms with Crippen LogP contribution in [0.5, 0.6) is 0 Å². The Bertz CT molecular complexity index is 1100. The zero-order valence-corrected chi connectivity index (χ0v) is 34.0. The van der Waals surface area contributed by atoms with E-state index in [1.54, 1.807) is 12.3 Å². The Morgan fingerprint density at radius 3 is 1.85 bits per heavy atom. The lowest BCUT2D eigenvalue weighted by atomic mass is 10.1. The molecule has 0 rings (SSSR count). The summed E-state index contributed by atoms with van der Waals surface area (Å²) in [5.74, 6) is -0.365. The molecule has 0 heterocycles. The molecule has 0 aliphatic heterocycles. The van der Waals surface area contributed by atoms with Gasteiger partial charge in [-0.25, -0.2) is 4.57 Å². The maximum atomic E-state index is 12.4. The Kier molecular flexibility index (Phi) is 37.3. The molecule has 0 aromatic carbocycles. The molecule has 0 fully saturated rings. The minimum atomic E-state index is -4.29. The number of unbranched alkanes of at least 4 members (excludes halogenated alkanes) is 12. The maximum Gasteiger partial charge on any atom is 0.472 e. The number of carbonyl (C=O) groups excluding carboxylic acids is 1. The number of hydrogen-bond donors (Lipinski definition) is 3. The number of allylic oxidation sites excluding steroid dienone is 12. The molecule has 0 aliphatic carbocycles. The van der Waals surface area contributed by atoms with E-state index in [-0.39, 0.29) is 44.9 Å². The molecule has 0 bridgehead atoms. The van der Waals surface area contributed by atoms with Crippen molar-refractivity contribution < 1.29 is 37.9 Å². The molecule has 0 amide bonds. The first kappa shape index (κ1) is 50.5. The first-order valence-corrected chi connectivity index (χ1v) is 21.7. The molecule has 0 saturated heterocycles. The lowest BCUT2D eigenvalue weighted by Gasteiger charge is -2.19. The summed E-state index contributed by atoms with van der Waals surface area (Å²) >= 11 is 0. The van der Waals surface area contributed by atoms with Gasteiger partial charge in [-0.3, -0.25) is 13.8 Å². The highest BCUT2D eigenvalue weighted by Crippen LogP contribution is 2.43. The molecule has 9 nitrogen and oxygen atoms in total. The second kappa shape index (κ2) is 39.2. The summed E-state index contributed by atoms with van der Waals surface area (Å²) in [4.78, 5) is 22.2. The molecular weight excluding hydrogens is 689 g/mol. The van der Waals surface area contributed by atoms with Gasteiger partial charge in [-0.15, -0.1) is 0 Å². The standard InChI is InChI=1S/C43H74NO8P/c1-3-5-6-7-8-9-10-11-12-15-18-21-24-27-30-33-37-49-42(40-52-53(47,48)51-38-36-44)39-50-43(46)35-32-29-26-23-20-17-14-13-16-19-22-25-28-31-34-41(45)4-2/h11-12,14,16-17,19,23,25-26,28,31,33-34,37,41-42,45H,3-10,13,15,18,20-22,24,27,29-30,32,35-36,38-40,44H2,1-2H3,(H,47,48)/b12-11-,17-14-,19-16-,26-23-,28-25-,34-31+,37-33+/t41-,42+/m0/s1. The van der Waals surface area contributed by atoms with Gasteiger partial charge in [-0.2, -0.15) is 0 Å². The fourth-order valence-electron chi connectivity index (χ4n) is 4.84. The second-order valence-corrected chi connectivity index (χ2v) is 14.5. The summed E-state index contributed by atoms with van der Waals surface area (Å²) < 4.78 is 33.0. The molecule has 1 unspecified atom stereocenters. The van der Waals surface area contributed by atoms with Crippen LogP contribution in [0.3, 0.4) is 0 Å². The number of aliphatic hydroxyl groups is 1. The summed E-state index contributed by atoms with van der Waals surface area (Å²) in [5.41, 5.74) is 5.35. The quantitative estimate of drug-likeness (QED) is 0.0141. The third-order valence-corrected chi connectivity index (χ3v) is 9.03. The van der Waals surface area contributed by atoms with Gasteiger partial charge in [0.2, 0.25) is 0 Å². The molecule has 0 saturated carbocycles. The van der Waals surface area contributed by atoms with Crippen LogP contribution in [0.1, 0.15) is 142 Å². The molecule has 304 valence electrons. The molecule has 0 spiro atoms. The SMILES string of the molecule is CCCCCCCC/C=C\CCCCCC/C=C/O[C@H](COC(=O)CCC/C=C\C/C=C\C/C=C\C/C=C\C=C\[C@@H](O)CC)COP(=O)(O)OCCN. The average molecular weight is 764 g/mol. The van der Waals surface area contributed by atoms with Gasteiger partial charge in [-0.05, 0) is 83.1 Å². The number of phosphoric ester groups is 1. The Balaban J connectivity index is 4.28. The van der Waals surface area contributed by atoms with Gasteiger partial charge in [0.1, 0.15) is 6.61 Å². The number of phosphoric acid groups is 1. The van der Waals surface area contributed by atoms with Crippen LogP contribution < -0.4 is 5.73 Å². The van der Waals surface area contributed by atoms with Crippen LogP contribution in [-0.2, 0) is 27.9 Å². The van der Waals surface area contributed by atoms with Gasteiger partial charge < -0.3 is 25.2 Å². The van der Waals surface area contributed by atoms with Crippen molar-refractivity contribution in [2.24, 2.45) is 5.73 Å². The highest BCUT2D eigenvalue weighted by atomic mass is 31.2. The molecule has 0 aliphatic rings. The number of esters is 1. The monoisotopic (exact) mass is 764 g/mol. The van der Waals surface area contributed by atoms with Crippen molar-refractivity contribution in [2.75, 3.05) is 26.4 Å². The first-order valence-electron chi connectivity index (χ1n) is 20.2. The molecule has 0 aromatic rings. The Morgan fingerprint density at radius 1 is 0.679 bits per heavy atom. The summed E-state index contributed by atoms with van der Waals surface area (Å²) in [6, 6.07) is 0. The number of rotatable bonds is 37. The number of aliphatic hydroxyl groups excluding tert-OH is 1. The second-order valence-electron chi connectivity index (χ2n) is 13.0. The minimum absolute atomic E-state index is 0.0814. The van der Waals surface area contributed by atoms with Gasteiger partial charge in [-0.1, -0.05) is 132 Å². The smallest absolute Gasteiger partial charge is 0.472 e. The molecule has 10 heteroatoms. The molecule has 0 aromatic heterocycles. The van der Waals surface area contributed by atoms with Crippen molar-refractivity contribution in [3.05, 3.63) is 85.3 Å². The summed E-state index contributed by atoms with van der Waals surface area (Å²) in [5, 5.41) is 9.46. The fourth-order valence-corrected chi connectivity index (χ4v) is 5.61. The van der Waals surface area contributed by atoms with Crippen LogP contribution in [0.25, 0.3) is 0 Å². The van der Waals surface area contributed by atoms with Gasteiger partial charge in [0.15, 0.2) is 6.10 Å². The predicted molar refractivity (Wildman–Crippen MR) is 220 cm³/mol. The molecular formula is C43H74NO8P. The predicted octanol–water partition coefficient (Wildman–Crippen LogP) is 11.1. The van der Waals surface area contributed by atoms with Crippen molar-refractivity contribution in [3.8, 4) is 0 Å². The van der Waals surface area contributed by atoms with E-state index in [9.17, 15) is 19.4 Å². The van der Waals surface area contributed by atoms with Crippen molar-refractivity contribution >= 4 is 13.8 Å².